The quantitative estimate of drug-likeness (QED) is 0.0819. The summed E-state index contributed by atoms with van der Waals surface area (Å²) in [4.78, 5) is 34.2. The van der Waals surface area contributed by atoms with Crippen LogP contribution in [0.25, 0.3) is 19.4 Å². The van der Waals surface area contributed by atoms with Crippen LogP contribution in [0.5, 0.6) is 92.8 Å². The van der Waals surface area contributed by atoms with E-state index in [0.29, 0.717) is 63.1 Å². The minimum absolute atomic E-state index is 0. The predicted molar refractivity (Wildman–Crippen MR) is 305 cm³/mol. The van der Waals surface area contributed by atoms with Gasteiger partial charge in [0, 0.05) is 30.3 Å². The fourth-order valence-electron chi connectivity index (χ4n) is 7.24. The summed E-state index contributed by atoms with van der Waals surface area (Å²) in [5.74, 6) is 5.86. The molecule has 402 valence electrons. The Morgan fingerprint density at radius 1 is 0.321 bits per heavy atom. The number of aryl methyl sites for hydroxylation is 1. The van der Waals surface area contributed by atoms with Crippen LogP contribution in [0, 0.1) is 67.2 Å². The maximum atomic E-state index is 9.25. The minimum Gasteiger partial charge on any atom is -0.459 e. The van der Waals surface area contributed by atoms with Crippen LogP contribution >= 0.6 is 0 Å². The van der Waals surface area contributed by atoms with Crippen LogP contribution in [0.1, 0.15) is 29.7 Å². The van der Waals surface area contributed by atoms with E-state index in [9.17, 15) is 10.5 Å². The van der Waals surface area contributed by atoms with E-state index in [1.54, 1.807) is 133 Å². The largest absolute Gasteiger partial charge is 0.459 e. The fourth-order valence-corrected chi connectivity index (χ4v) is 7.24. The molecule has 0 bridgehead atoms. The van der Waals surface area contributed by atoms with Crippen molar-refractivity contribution in [1.29, 1.82) is 15.8 Å². The third kappa shape index (κ3) is 15.0. The first-order valence-corrected chi connectivity index (χ1v) is 24.2. The van der Waals surface area contributed by atoms with Crippen molar-refractivity contribution in [1.82, 2.24) is 24.9 Å². The Bertz CT molecular complexity index is 4260. The molecule has 0 N–H and O–H groups in total. The van der Waals surface area contributed by atoms with Crippen molar-refractivity contribution in [2.45, 2.75) is 14.4 Å². The SMILES string of the molecule is C.[C-]#[N+]c1ccc(Oc2cc(Oc3cccc(Oc4cc(Oc5ccc(C)c(C#N)c5)ncn4)c3)ncn2)cc1[N+]#[C-].[C-]#[N+]c1ccc(Oc2cccc(Oc3cccc(Oc4cccc(Oc5ccc(C#N)c(C#N)c5)c4)n3)c2)cc1[N+]#[C-]. The number of benzene rings is 7. The molecule has 7 aromatic carbocycles. The maximum Gasteiger partial charge on any atom is 0.226 e. The van der Waals surface area contributed by atoms with Crippen molar-refractivity contribution < 1.29 is 37.9 Å². The lowest BCUT2D eigenvalue weighted by Gasteiger charge is -2.11. The third-order valence-electron chi connectivity index (χ3n) is 11.1. The van der Waals surface area contributed by atoms with Crippen LogP contribution < -0.4 is 37.9 Å². The van der Waals surface area contributed by atoms with Gasteiger partial charge in [0.15, 0.2) is 22.7 Å². The highest BCUT2D eigenvalue weighted by atomic mass is 16.5. The highest BCUT2D eigenvalue weighted by Crippen LogP contribution is 2.38. The number of nitriles is 3. The highest BCUT2D eigenvalue weighted by molar-refractivity contribution is 5.73. The Balaban J connectivity index is 0.000000217. The zero-order valence-electron chi connectivity index (χ0n) is 43.0. The van der Waals surface area contributed by atoms with E-state index in [-0.39, 0.29) is 76.6 Å². The van der Waals surface area contributed by atoms with Crippen molar-refractivity contribution in [3.8, 4) is 111 Å². The molecule has 0 fully saturated rings. The van der Waals surface area contributed by atoms with Gasteiger partial charge < -0.3 is 37.9 Å². The van der Waals surface area contributed by atoms with Crippen molar-refractivity contribution in [2.75, 3.05) is 0 Å². The lowest BCUT2D eigenvalue weighted by molar-refractivity contribution is 0.419. The Morgan fingerprint density at radius 3 is 1.06 bits per heavy atom. The van der Waals surface area contributed by atoms with Gasteiger partial charge in [0.05, 0.1) is 61.2 Å². The predicted octanol–water partition coefficient (Wildman–Crippen LogP) is 17.4. The summed E-state index contributed by atoms with van der Waals surface area (Å²) in [7, 11) is 0. The summed E-state index contributed by atoms with van der Waals surface area (Å²) in [5.41, 5.74) is 2.77. The molecule has 0 unspecified atom stereocenters. The summed E-state index contributed by atoms with van der Waals surface area (Å²) in [6.45, 7) is 30.6. The topological polar surface area (TPSA) is 227 Å². The first-order valence-electron chi connectivity index (χ1n) is 24.2. The van der Waals surface area contributed by atoms with Crippen molar-refractivity contribution >= 4 is 22.7 Å². The van der Waals surface area contributed by atoms with Crippen LogP contribution in [0.4, 0.5) is 22.7 Å². The molecule has 3 heterocycles. The molecule has 0 spiro atoms. The van der Waals surface area contributed by atoms with Gasteiger partial charge in [-0.1, -0.05) is 49.9 Å². The van der Waals surface area contributed by atoms with E-state index >= 15 is 0 Å². The van der Waals surface area contributed by atoms with E-state index in [4.69, 9.17) is 69.4 Å². The van der Waals surface area contributed by atoms with Gasteiger partial charge in [-0.15, -0.1) is 0 Å². The van der Waals surface area contributed by atoms with Gasteiger partial charge >= 0.3 is 0 Å². The Labute approximate surface area is 481 Å². The summed E-state index contributed by atoms with van der Waals surface area (Å²) in [6, 6.07) is 54.0. The molecule has 20 heteroatoms. The van der Waals surface area contributed by atoms with E-state index in [1.807, 2.05) is 19.1 Å². The van der Waals surface area contributed by atoms with Gasteiger partial charge in [-0.3, -0.25) is 9.69 Å². The Morgan fingerprint density at radius 2 is 0.643 bits per heavy atom. The molecule has 10 aromatic rings. The minimum atomic E-state index is 0. The van der Waals surface area contributed by atoms with Crippen molar-refractivity contribution in [3.05, 3.63) is 257 Å². The second-order valence-electron chi connectivity index (χ2n) is 16.7. The zero-order chi connectivity index (χ0) is 57.9. The number of rotatable bonds is 16. The number of hydrogen-bond donors (Lipinski definition) is 0. The number of hydrogen-bond acceptors (Lipinski definition) is 16. The van der Waals surface area contributed by atoms with Gasteiger partial charge in [0.25, 0.3) is 0 Å². The van der Waals surface area contributed by atoms with Gasteiger partial charge in [-0.2, -0.15) is 20.8 Å². The lowest BCUT2D eigenvalue weighted by Crippen LogP contribution is -1.94. The zero-order valence-corrected chi connectivity index (χ0v) is 43.0. The molecule has 0 atom stereocenters. The first kappa shape index (κ1) is 56.9. The van der Waals surface area contributed by atoms with Crippen LogP contribution in [0.2, 0.25) is 0 Å². The molecule has 84 heavy (non-hydrogen) atoms. The van der Waals surface area contributed by atoms with Gasteiger partial charge in [-0.25, -0.2) is 29.6 Å². The Hall–Kier alpha value is -13.3. The van der Waals surface area contributed by atoms with E-state index in [0.717, 1.165) is 5.56 Å². The smallest absolute Gasteiger partial charge is 0.226 e. The van der Waals surface area contributed by atoms with E-state index in [1.165, 1.54) is 55.1 Å². The molecule has 10 rings (SSSR count). The molecule has 0 aliphatic carbocycles. The van der Waals surface area contributed by atoms with Crippen LogP contribution in [0.15, 0.2) is 189 Å². The Kier molecular flexibility index (Phi) is 18.5. The van der Waals surface area contributed by atoms with Crippen molar-refractivity contribution in [2.24, 2.45) is 0 Å². The number of ether oxygens (including phenoxy) is 8. The molecule has 0 aliphatic rings. The highest BCUT2D eigenvalue weighted by Gasteiger charge is 2.13. The molecule has 0 aliphatic heterocycles. The molecule has 0 radical (unpaired) electrons. The van der Waals surface area contributed by atoms with Crippen LogP contribution in [-0.2, 0) is 0 Å². The van der Waals surface area contributed by atoms with Crippen LogP contribution in [0.3, 0.4) is 0 Å². The van der Waals surface area contributed by atoms with Crippen molar-refractivity contribution in [3.63, 3.8) is 0 Å². The molecule has 20 nitrogen and oxygen atoms in total. The average molecular weight is 1100 g/mol. The van der Waals surface area contributed by atoms with Gasteiger partial charge in [-0.05, 0) is 103 Å². The molecule has 3 aromatic heterocycles. The average Bonchev–Trinajstić information content (AvgIpc) is 3.55. The maximum absolute atomic E-state index is 9.25. The summed E-state index contributed by atoms with van der Waals surface area (Å²) < 4.78 is 46.8. The van der Waals surface area contributed by atoms with Gasteiger partial charge in [0.1, 0.15) is 82.3 Å². The summed E-state index contributed by atoms with van der Waals surface area (Å²) >= 11 is 0. The molecular weight excluding hydrogens is 1060 g/mol. The number of nitrogens with zero attached hydrogens (tertiary/aromatic N) is 12. The normalized spacial score (nSPS) is 9.79. The standard InChI is InChI=1S/C33H17N5O4.C30H17N7O4.CH4/c1-36-30-15-14-29(19-31(30)37-2)40-25-7-4-9-27(18-25)42-33-11-5-10-32(38-33)41-26-8-3-6-24(17-26)39-28-13-12-22(20-34)23(16-28)21-35;1-19-7-8-23(11-20(19)16-31)40-29-14-27(34-17-36-29)38-21-5-4-6-22(12-21)39-28-15-30(37-18-35-28)41-24-9-10-25(32-2)26(13-24)33-3;/h3-19H;4-15,17-18H,1H3;1H4. The van der Waals surface area contributed by atoms with Gasteiger partial charge in [0.2, 0.25) is 35.3 Å². The van der Waals surface area contributed by atoms with Crippen LogP contribution in [-0.4, -0.2) is 24.9 Å². The lowest BCUT2D eigenvalue weighted by atomic mass is 10.1. The number of pyridine rings is 1. The first-order chi connectivity index (χ1) is 40.6. The second-order valence-corrected chi connectivity index (χ2v) is 16.7. The summed E-state index contributed by atoms with van der Waals surface area (Å²) in [5, 5.41) is 27.6. The third-order valence-corrected chi connectivity index (χ3v) is 11.1. The summed E-state index contributed by atoms with van der Waals surface area (Å²) in [6.07, 6.45) is 2.59. The second kappa shape index (κ2) is 27.3. The monoisotopic (exact) mass is 1100 g/mol. The van der Waals surface area contributed by atoms with E-state index < -0.39 is 0 Å². The molecule has 0 saturated heterocycles. The van der Waals surface area contributed by atoms with E-state index in [2.05, 4.69) is 50.4 Å². The molecule has 0 saturated carbocycles. The number of aromatic nitrogens is 5. The fraction of sp³-hybridized carbons (Fsp3) is 0.0312. The molecule has 0 amide bonds. The molecular formula is C64H38N12O8.